The van der Waals surface area contributed by atoms with Gasteiger partial charge in [0.2, 0.25) is 0 Å². The second-order valence-electron chi connectivity index (χ2n) is 5.05. The number of hydrogen-bond donors (Lipinski definition) is 0. The number of hydrogen-bond acceptors (Lipinski definition) is 3. The Morgan fingerprint density at radius 3 is 2.55 bits per heavy atom. The molecular formula is C17H26O3. The third kappa shape index (κ3) is 5.74. The minimum Gasteiger partial charge on any atom is -0.496 e. The fourth-order valence-corrected chi connectivity index (χ4v) is 2.10. The Labute approximate surface area is 122 Å². The van der Waals surface area contributed by atoms with Crippen LogP contribution in [0.15, 0.2) is 18.2 Å². The molecule has 0 bridgehead atoms. The molecule has 1 aromatic carbocycles. The molecule has 0 saturated heterocycles. The van der Waals surface area contributed by atoms with Crippen LogP contribution in [-0.2, 0) is 11.3 Å². The summed E-state index contributed by atoms with van der Waals surface area (Å²) in [4.78, 5) is 11.4. The zero-order valence-corrected chi connectivity index (χ0v) is 12.9. The molecule has 0 N–H and O–H groups in total. The van der Waals surface area contributed by atoms with Crippen LogP contribution in [0.1, 0.15) is 61.9 Å². The van der Waals surface area contributed by atoms with Crippen molar-refractivity contribution in [1.82, 2.24) is 0 Å². The number of carbonyl (C=O) groups excluding carboxylic acids is 1. The highest BCUT2D eigenvalue weighted by molar-refractivity contribution is 5.94. The molecule has 1 rings (SSSR count). The zero-order valence-electron chi connectivity index (χ0n) is 12.9. The van der Waals surface area contributed by atoms with E-state index in [0.717, 1.165) is 24.3 Å². The summed E-state index contributed by atoms with van der Waals surface area (Å²) in [5, 5.41) is 0. The van der Waals surface area contributed by atoms with Crippen LogP contribution >= 0.6 is 0 Å². The van der Waals surface area contributed by atoms with Crippen LogP contribution < -0.4 is 4.74 Å². The van der Waals surface area contributed by atoms with Crippen LogP contribution in [0.2, 0.25) is 0 Å². The molecule has 0 spiro atoms. The first-order valence-corrected chi connectivity index (χ1v) is 7.44. The largest absolute Gasteiger partial charge is 0.496 e. The molecule has 0 fully saturated rings. The van der Waals surface area contributed by atoms with Gasteiger partial charge in [-0.1, -0.05) is 32.6 Å². The summed E-state index contributed by atoms with van der Waals surface area (Å²) in [7, 11) is 1.64. The quantitative estimate of drug-likeness (QED) is 0.470. The Morgan fingerprint density at radius 2 is 1.90 bits per heavy atom. The molecule has 0 aromatic heterocycles. The van der Waals surface area contributed by atoms with Crippen LogP contribution in [0, 0.1) is 0 Å². The number of unbranched alkanes of at least 4 members (excludes halogenated alkanes) is 4. The van der Waals surface area contributed by atoms with Gasteiger partial charge >= 0.3 is 0 Å². The zero-order chi connectivity index (χ0) is 14.8. The lowest BCUT2D eigenvalue weighted by Gasteiger charge is -2.10. The molecule has 0 amide bonds. The lowest BCUT2D eigenvalue weighted by atomic mass is 10.1. The van der Waals surface area contributed by atoms with Crippen LogP contribution in [0.25, 0.3) is 0 Å². The van der Waals surface area contributed by atoms with Crippen LogP contribution in [0.5, 0.6) is 5.75 Å². The van der Waals surface area contributed by atoms with Gasteiger partial charge in [-0.3, -0.25) is 4.79 Å². The molecule has 0 radical (unpaired) electrons. The molecule has 112 valence electrons. The number of ketones is 1. The maximum Gasteiger partial charge on any atom is 0.159 e. The van der Waals surface area contributed by atoms with Crippen molar-refractivity contribution in [1.29, 1.82) is 0 Å². The predicted molar refractivity (Wildman–Crippen MR) is 81.4 cm³/mol. The minimum absolute atomic E-state index is 0.0634. The van der Waals surface area contributed by atoms with Crippen molar-refractivity contribution in [2.24, 2.45) is 0 Å². The van der Waals surface area contributed by atoms with Crippen molar-refractivity contribution in [3.8, 4) is 5.75 Å². The Kier molecular flexibility index (Phi) is 7.97. The lowest BCUT2D eigenvalue weighted by molar-refractivity contribution is 0.101. The average Bonchev–Trinajstić information content (AvgIpc) is 2.46. The second-order valence-corrected chi connectivity index (χ2v) is 5.05. The molecule has 3 heteroatoms. The Morgan fingerprint density at radius 1 is 1.15 bits per heavy atom. The van der Waals surface area contributed by atoms with E-state index >= 15 is 0 Å². The first kappa shape index (κ1) is 16.7. The van der Waals surface area contributed by atoms with Crippen molar-refractivity contribution in [3.63, 3.8) is 0 Å². The van der Waals surface area contributed by atoms with Gasteiger partial charge < -0.3 is 9.47 Å². The van der Waals surface area contributed by atoms with Crippen LogP contribution in [0.4, 0.5) is 0 Å². The van der Waals surface area contributed by atoms with E-state index in [1.165, 1.54) is 25.7 Å². The number of ether oxygens (including phenoxy) is 2. The summed E-state index contributed by atoms with van der Waals surface area (Å²) in [5.74, 6) is 0.842. The highest BCUT2D eigenvalue weighted by Gasteiger charge is 2.07. The van der Waals surface area contributed by atoms with Gasteiger partial charge in [-0.2, -0.15) is 0 Å². The molecule has 0 unspecified atom stereocenters. The monoisotopic (exact) mass is 278 g/mol. The van der Waals surface area contributed by atoms with Gasteiger partial charge in [0.1, 0.15) is 5.75 Å². The molecular weight excluding hydrogens is 252 g/mol. The fourth-order valence-electron chi connectivity index (χ4n) is 2.10. The number of benzene rings is 1. The highest BCUT2D eigenvalue weighted by Crippen LogP contribution is 2.21. The van der Waals surface area contributed by atoms with Crippen molar-refractivity contribution in [2.75, 3.05) is 13.7 Å². The maximum atomic E-state index is 11.4. The van der Waals surface area contributed by atoms with Gasteiger partial charge in [-0.25, -0.2) is 0 Å². The molecule has 0 aliphatic heterocycles. The van der Waals surface area contributed by atoms with E-state index in [-0.39, 0.29) is 5.78 Å². The molecule has 0 aliphatic rings. The van der Waals surface area contributed by atoms with E-state index in [1.54, 1.807) is 20.1 Å². The summed E-state index contributed by atoms with van der Waals surface area (Å²) >= 11 is 0. The number of carbonyl (C=O) groups is 1. The predicted octanol–water partition coefficient (Wildman–Crippen LogP) is 4.38. The molecule has 0 saturated carbocycles. The molecule has 0 aliphatic carbocycles. The number of rotatable bonds is 10. The molecule has 0 heterocycles. The second kappa shape index (κ2) is 9.54. The van der Waals surface area contributed by atoms with E-state index in [4.69, 9.17) is 9.47 Å². The molecule has 0 atom stereocenters. The highest BCUT2D eigenvalue weighted by atomic mass is 16.5. The summed E-state index contributed by atoms with van der Waals surface area (Å²) in [6, 6.07) is 5.48. The molecule has 20 heavy (non-hydrogen) atoms. The van der Waals surface area contributed by atoms with E-state index in [9.17, 15) is 4.79 Å². The van der Waals surface area contributed by atoms with Crippen molar-refractivity contribution in [3.05, 3.63) is 29.3 Å². The fraction of sp³-hybridized carbons (Fsp3) is 0.588. The van der Waals surface area contributed by atoms with Gasteiger partial charge in [-0.15, -0.1) is 0 Å². The van der Waals surface area contributed by atoms with Gasteiger partial charge in [0.05, 0.1) is 13.7 Å². The molecule has 1 aromatic rings. The number of methoxy groups -OCH3 is 1. The Hall–Kier alpha value is -1.35. The van der Waals surface area contributed by atoms with Crippen molar-refractivity contribution in [2.45, 2.75) is 52.6 Å². The first-order valence-electron chi connectivity index (χ1n) is 7.44. The SMILES string of the molecule is CCCCCCCOCc1cc(C(C)=O)ccc1OC. The van der Waals surface area contributed by atoms with Gasteiger partial charge in [0.25, 0.3) is 0 Å². The summed E-state index contributed by atoms with van der Waals surface area (Å²) in [6.07, 6.45) is 6.15. The summed E-state index contributed by atoms with van der Waals surface area (Å²) in [6.45, 7) is 5.04. The van der Waals surface area contributed by atoms with Crippen LogP contribution in [0.3, 0.4) is 0 Å². The maximum absolute atomic E-state index is 11.4. The van der Waals surface area contributed by atoms with Gasteiger partial charge in [0, 0.05) is 17.7 Å². The topological polar surface area (TPSA) is 35.5 Å². The van der Waals surface area contributed by atoms with Crippen molar-refractivity contribution >= 4 is 5.78 Å². The lowest BCUT2D eigenvalue weighted by Crippen LogP contribution is -2.01. The van der Waals surface area contributed by atoms with Crippen LogP contribution in [-0.4, -0.2) is 19.5 Å². The third-order valence-electron chi connectivity index (χ3n) is 3.34. The van der Waals surface area contributed by atoms with E-state index in [2.05, 4.69) is 6.92 Å². The third-order valence-corrected chi connectivity index (χ3v) is 3.34. The first-order chi connectivity index (χ1) is 9.69. The summed E-state index contributed by atoms with van der Waals surface area (Å²) < 4.78 is 11.0. The average molecular weight is 278 g/mol. The number of Topliss-reactive ketones (excluding diaryl/α,β-unsaturated/α-hetero) is 1. The Balaban J connectivity index is 2.41. The van der Waals surface area contributed by atoms with Gasteiger partial charge in [0.15, 0.2) is 5.78 Å². The summed E-state index contributed by atoms with van der Waals surface area (Å²) in [5.41, 5.74) is 1.64. The standard InChI is InChI=1S/C17H26O3/c1-4-5-6-7-8-11-20-13-16-12-15(14(2)18)9-10-17(16)19-3/h9-10,12H,4-8,11,13H2,1-3H3. The minimum atomic E-state index is 0.0634. The Bertz CT molecular complexity index is 413. The van der Waals surface area contributed by atoms with E-state index in [1.807, 2.05) is 12.1 Å². The molecule has 3 nitrogen and oxygen atoms in total. The van der Waals surface area contributed by atoms with Gasteiger partial charge in [-0.05, 0) is 31.5 Å². The normalized spacial score (nSPS) is 10.6. The van der Waals surface area contributed by atoms with E-state index < -0.39 is 0 Å². The van der Waals surface area contributed by atoms with Crippen molar-refractivity contribution < 1.29 is 14.3 Å². The van der Waals surface area contributed by atoms with E-state index in [0.29, 0.717) is 12.2 Å². The smallest absolute Gasteiger partial charge is 0.159 e.